The van der Waals surface area contributed by atoms with Crippen molar-refractivity contribution >= 4 is 0 Å². The van der Waals surface area contributed by atoms with Crippen molar-refractivity contribution in [3.8, 4) is 0 Å². The number of halogens is 4. The van der Waals surface area contributed by atoms with Crippen molar-refractivity contribution in [2.45, 2.75) is 25.7 Å². The highest BCUT2D eigenvalue weighted by molar-refractivity contribution is 5.31. The number of fused-ring (bicyclic) bond motifs is 1. The van der Waals surface area contributed by atoms with Crippen LogP contribution in [0.15, 0.2) is 24.3 Å². The van der Waals surface area contributed by atoms with Crippen LogP contribution in [0.4, 0.5) is 17.6 Å². The molecule has 0 radical (unpaired) electrons. The second-order valence-electron chi connectivity index (χ2n) is 4.95. The lowest BCUT2D eigenvalue weighted by molar-refractivity contribution is -0.142. The van der Waals surface area contributed by atoms with E-state index in [-0.39, 0.29) is 18.5 Å². The molecule has 3 nitrogen and oxygen atoms in total. The van der Waals surface area contributed by atoms with Gasteiger partial charge in [0.1, 0.15) is 5.82 Å². The van der Waals surface area contributed by atoms with Crippen molar-refractivity contribution < 1.29 is 17.6 Å². The summed E-state index contributed by atoms with van der Waals surface area (Å²) in [5, 5.41) is 6.71. The molecule has 1 N–H and O–H groups in total. The summed E-state index contributed by atoms with van der Waals surface area (Å²) < 4.78 is 54.0. The second-order valence-corrected chi connectivity index (χ2v) is 4.95. The van der Waals surface area contributed by atoms with E-state index in [1.165, 1.54) is 10.7 Å². The van der Waals surface area contributed by atoms with Crippen molar-refractivity contribution in [3.05, 3.63) is 52.6 Å². The van der Waals surface area contributed by atoms with Gasteiger partial charge in [-0.1, -0.05) is 18.2 Å². The molecule has 1 aromatic carbocycles. The van der Waals surface area contributed by atoms with Crippen LogP contribution >= 0.6 is 0 Å². The number of nitrogens with one attached hydrogen (secondary N) is 1. The van der Waals surface area contributed by atoms with Gasteiger partial charge < -0.3 is 5.32 Å². The van der Waals surface area contributed by atoms with Gasteiger partial charge in [-0.15, -0.1) is 0 Å². The molecule has 1 aromatic heterocycles. The lowest BCUT2D eigenvalue weighted by atomic mass is 10.1. The fourth-order valence-corrected chi connectivity index (χ4v) is 2.56. The van der Waals surface area contributed by atoms with Crippen molar-refractivity contribution in [2.75, 3.05) is 6.54 Å². The Morgan fingerprint density at radius 2 is 2.00 bits per heavy atom. The minimum absolute atomic E-state index is 0.00718. The van der Waals surface area contributed by atoms with Crippen LogP contribution < -0.4 is 5.32 Å². The third kappa shape index (κ3) is 2.65. The summed E-state index contributed by atoms with van der Waals surface area (Å²) in [7, 11) is 0. The summed E-state index contributed by atoms with van der Waals surface area (Å²) in [5.74, 6) is -0.445. The standard InChI is InChI=1S/C14H13F4N3/c15-11-4-2-1-3-9(11)8-21-12-7-19-6-5-10(12)13(20-21)14(16,17)18/h1-4,19H,5-8H2. The van der Waals surface area contributed by atoms with Gasteiger partial charge in [0.2, 0.25) is 0 Å². The first-order valence-corrected chi connectivity index (χ1v) is 6.56. The SMILES string of the molecule is Fc1ccccc1Cn1nc(C(F)(F)F)c2c1CNCC2. The third-order valence-electron chi connectivity index (χ3n) is 3.56. The smallest absolute Gasteiger partial charge is 0.311 e. The Morgan fingerprint density at radius 3 is 2.71 bits per heavy atom. The normalized spacial score (nSPS) is 15.0. The predicted octanol–water partition coefficient (Wildman–Crippen LogP) is 2.74. The molecule has 21 heavy (non-hydrogen) atoms. The summed E-state index contributed by atoms with van der Waals surface area (Å²) in [6.07, 6.45) is -4.21. The zero-order valence-corrected chi connectivity index (χ0v) is 11.0. The van der Waals surface area contributed by atoms with Gasteiger partial charge in [0.25, 0.3) is 0 Å². The minimum Gasteiger partial charge on any atom is -0.311 e. The number of benzene rings is 1. The highest BCUT2D eigenvalue weighted by atomic mass is 19.4. The lowest BCUT2D eigenvalue weighted by Gasteiger charge is -2.16. The van der Waals surface area contributed by atoms with E-state index in [9.17, 15) is 17.6 Å². The maximum Gasteiger partial charge on any atom is 0.435 e. The molecule has 0 amide bonds. The molecule has 112 valence electrons. The van der Waals surface area contributed by atoms with E-state index in [0.29, 0.717) is 24.3 Å². The van der Waals surface area contributed by atoms with Crippen molar-refractivity contribution in [1.29, 1.82) is 0 Å². The molecule has 1 aliphatic rings. The van der Waals surface area contributed by atoms with Crippen LogP contribution in [0.3, 0.4) is 0 Å². The van der Waals surface area contributed by atoms with Crippen molar-refractivity contribution in [3.63, 3.8) is 0 Å². The van der Waals surface area contributed by atoms with Gasteiger partial charge in [-0.2, -0.15) is 18.3 Å². The van der Waals surface area contributed by atoms with E-state index in [1.807, 2.05) is 0 Å². The molecule has 0 saturated heterocycles. The molecule has 2 heterocycles. The molecular formula is C14H13F4N3. The van der Waals surface area contributed by atoms with Gasteiger partial charge >= 0.3 is 6.18 Å². The Hall–Kier alpha value is -1.89. The fraction of sp³-hybridized carbons (Fsp3) is 0.357. The number of nitrogens with zero attached hydrogens (tertiary/aromatic N) is 2. The van der Waals surface area contributed by atoms with E-state index in [2.05, 4.69) is 10.4 Å². The van der Waals surface area contributed by atoms with Crippen LogP contribution in [0.2, 0.25) is 0 Å². The van der Waals surface area contributed by atoms with Crippen molar-refractivity contribution in [1.82, 2.24) is 15.1 Å². The molecule has 0 bridgehead atoms. The predicted molar refractivity (Wildman–Crippen MR) is 68.1 cm³/mol. The minimum atomic E-state index is -4.48. The Kier molecular flexibility index (Phi) is 3.44. The average molecular weight is 299 g/mol. The van der Waals surface area contributed by atoms with Crippen LogP contribution in [-0.4, -0.2) is 16.3 Å². The molecule has 0 spiro atoms. The first kappa shape index (κ1) is 14.1. The highest BCUT2D eigenvalue weighted by Gasteiger charge is 2.39. The van der Waals surface area contributed by atoms with E-state index in [1.54, 1.807) is 18.2 Å². The van der Waals surface area contributed by atoms with Gasteiger partial charge in [0, 0.05) is 17.7 Å². The summed E-state index contributed by atoms with van der Waals surface area (Å²) in [6.45, 7) is 0.793. The summed E-state index contributed by atoms with van der Waals surface area (Å²) >= 11 is 0. The van der Waals surface area contributed by atoms with Gasteiger partial charge in [0.05, 0.1) is 12.2 Å². The Balaban J connectivity index is 2.03. The fourth-order valence-electron chi connectivity index (χ4n) is 2.56. The highest BCUT2D eigenvalue weighted by Crippen LogP contribution is 2.34. The largest absolute Gasteiger partial charge is 0.435 e. The molecule has 0 atom stereocenters. The molecular weight excluding hydrogens is 286 g/mol. The molecule has 0 aliphatic carbocycles. The van der Waals surface area contributed by atoms with Crippen LogP contribution in [0.1, 0.15) is 22.5 Å². The summed E-state index contributed by atoms with van der Waals surface area (Å²) in [5.41, 5.74) is 0.173. The number of alkyl halides is 3. The second kappa shape index (κ2) is 5.14. The lowest BCUT2D eigenvalue weighted by Crippen LogP contribution is -2.26. The van der Waals surface area contributed by atoms with E-state index in [4.69, 9.17) is 0 Å². The molecule has 0 fully saturated rings. The maximum atomic E-state index is 13.7. The molecule has 7 heteroatoms. The van der Waals surface area contributed by atoms with Crippen LogP contribution in [0.25, 0.3) is 0 Å². The van der Waals surface area contributed by atoms with E-state index in [0.717, 1.165) is 0 Å². The van der Waals surface area contributed by atoms with E-state index >= 15 is 0 Å². The van der Waals surface area contributed by atoms with Crippen molar-refractivity contribution in [2.24, 2.45) is 0 Å². The number of hydrogen-bond acceptors (Lipinski definition) is 2. The average Bonchev–Trinajstić information content (AvgIpc) is 2.81. The van der Waals surface area contributed by atoms with Crippen LogP contribution in [0.5, 0.6) is 0 Å². The first-order valence-electron chi connectivity index (χ1n) is 6.56. The Labute approximate surface area is 118 Å². The van der Waals surface area contributed by atoms with Gasteiger partial charge in [-0.25, -0.2) is 4.39 Å². The molecule has 0 saturated carbocycles. The van der Waals surface area contributed by atoms with Gasteiger partial charge in [-0.3, -0.25) is 4.68 Å². The molecule has 1 aliphatic heterocycles. The zero-order valence-electron chi connectivity index (χ0n) is 11.0. The maximum absolute atomic E-state index is 13.7. The molecule has 2 aromatic rings. The third-order valence-corrected chi connectivity index (χ3v) is 3.56. The summed E-state index contributed by atoms with van der Waals surface area (Å²) in [6, 6.07) is 6.03. The molecule has 3 rings (SSSR count). The Morgan fingerprint density at radius 1 is 1.24 bits per heavy atom. The quantitative estimate of drug-likeness (QED) is 0.864. The topological polar surface area (TPSA) is 29.9 Å². The van der Waals surface area contributed by atoms with E-state index < -0.39 is 17.7 Å². The monoisotopic (exact) mass is 299 g/mol. The zero-order chi connectivity index (χ0) is 15.0. The van der Waals surface area contributed by atoms with Gasteiger partial charge in [0.15, 0.2) is 5.69 Å². The van der Waals surface area contributed by atoms with Gasteiger partial charge in [-0.05, 0) is 19.0 Å². The van der Waals surface area contributed by atoms with Crippen LogP contribution in [0, 0.1) is 5.82 Å². The molecule has 0 unspecified atom stereocenters. The first-order chi connectivity index (χ1) is 9.97. The Bertz CT molecular complexity index is 661. The number of aromatic nitrogens is 2. The number of rotatable bonds is 2. The summed E-state index contributed by atoms with van der Waals surface area (Å²) in [4.78, 5) is 0. The van der Waals surface area contributed by atoms with Crippen LogP contribution in [-0.2, 0) is 25.7 Å². The number of hydrogen-bond donors (Lipinski definition) is 1.